The van der Waals surface area contributed by atoms with Crippen molar-refractivity contribution in [3.8, 4) is 11.5 Å². The number of hydrogen-bond donors (Lipinski definition) is 1. The molecule has 184 valence electrons. The first-order chi connectivity index (χ1) is 16.0. The number of carbonyl (C=O) groups excluding carboxylic acids is 1. The molecule has 0 aromatic heterocycles. The zero-order valence-corrected chi connectivity index (χ0v) is 20.6. The van der Waals surface area contributed by atoms with Gasteiger partial charge >= 0.3 is 0 Å². The first-order valence-electron chi connectivity index (χ1n) is 11.9. The number of nitrogens with zero attached hydrogens (tertiary/aromatic N) is 1. The third-order valence-electron chi connectivity index (χ3n) is 6.71. The summed E-state index contributed by atoms with van der Waals surface area (Å²) in [6, 6.07) is 9.75. The summed E-state index contributed by atoms with van der Waals surface area (Å²) in [5, 5.41) is 10.4. The van der Waals surface area contributed by atoms with Gasteiger partial charge < -0.3 is 24.2 Å². The van der Waals surface area contributed by atoms with E-state index in [1.165, 1.54) is 19.2 Å². The van der Waals surface area contributed by atoms with Crippen molar-refractivity contribution in [2.75, 3.05) is 20.2 Å². The Balaban J connectivity index is 1.50. The van der Waals surface area contributed by atoms with Crippen LogP contribution in [-0.4, -0.2) is 47.8 Å². The van der Waals surface area contributed by atoms with Gasteiger partial charge in [-0.2, -0.15) is 0 Å². The Morgan fingerprint density at radius 3 is 2.53 bits per heavy atom. The minimum Gasteiger partial charge on any atom is -0.496 e. The fraction of sp³-hybridized carbons (Fsp3) is 0.519. The molecule has 0 saturated carbocycles. The first-order valence-corrected chi connectivity index (χ1v) is 11.9. The lowest BCUT2D eigenvalue weighted by molar-refractivity contribution is -0.0873. The van der Waals surface area contributed by atoms with Crippen LogP contribution >= 0.6 is 0 Å². The standard InChI is InChI=1S/C27H34FNO5/c1-17(2)33-24-16-27(34-22-9-7-19(28)15-20(22)24)10-12-29(13-11-27)25(30)18-6-8-21(26(3,4)31)23(14-18)32-5/h6-9,14-15,17,24,31H,10-13,16H2,1-5H3/t24-/m1/s1. The van der Waals surface area contributed by atoms with E-state index < -0.39 is 11.2 Å². The summed E-state index contributed by atoms with van der Waals surface area (Å²) in [7, 11) is 1.53. The van der Waals surface area contributed by atoms with E-state index in [0.717, 1.165) is 5.56 Å². The Morgan fingerprint density at radius 1 is 1.21 bits per heavy atom. The van der Waals surface area contributed by atoms with Crippen LogP contribution in [0.3, 0.4) is 0 Å². The highest BCUT2D eigenvalue weighted by atomic mass is 19.1. The lowest BCUT2D eigenvalue weighted by Crippen LogP contribution is -2.52. The topological polar surface area (TPSA) is 68.2 Å². The number of fused-ring (bicyclic) bond motifs is 1. The Hall–Kier alpha value is -2.64. The van der Waals surface area contributed by atoms with Crippen molar-refractivity contribution < 1.29 is 28.5 Å². The summed E-state index contributed by atoms with van der Waals surface area (Å²) in [5.74, 6) is 0.760. The van der Waals surface area contributed by atoms with Crippen LogP contribution in [-0.2, 0) is 10.3 Å². The summed E-state index contributed by atoms with van der Waals surface area (Å²) >= 11 is 0. The number of piperidine rings is 1. The number of hydrogen-bond acceptors (Lipinski definition) is 5. The highest BCUT2D eigenvalue weighted by Gasteiger charge is 2.45. The number of ether oxygens (including phenoxy) is 3. The zero-order chi connectivity index (χ0) is 24.7. The van der Waals surface area contributed by atoms with Crippen LogP contribution in [0.4, 0.5) is 4.39 Å². The second-order valence-electron chi connectivity index (χ2n) is 10.1. The van der Waals surface area contributed by atoms with E-state index in [1.807, 2.05) is 18.7 Å². The van der Waals surface area contributed by atoms with Crippen LogP contribution in [0.15, 0.2) is 36.4 Å². The van der Waals surface area contributed by atoms with Gasteiger partial charge in [-0.05, 0) is 58.0 Å². The Kier molecular flexibility index (Phi) is 6.62. The highest BCUT2D eigenvalue weighted by molar-refractivity contribution is 5.95. The van der Waals surface area contributed by atoms with Gasteiger partial charge in [-0.15, -0.1) is 0 Å². The van der Waals surface area contributed by atoms with Gasteiger partial charge in [-0.25, -0.2) is 4.39 Å². The Labute approximate surface area is 200 Å². The molecule has 0 radical (unpaired) electrons. The Morgan fingerprint density at radius 2 is 1.91 bits per heavy atom. The van der Waals surface area contributed by atoms with E-state index in [-0.39, 0.29) is 23.9 Å². The smallest absolute Gasteiger partial charge is 0.253 e. The molecular formula is C27H34FNO5. The summed E-state index contributed by atoms with van der Waals surface area (Å²) in [6.45, 7) is 8.39. The van der Waals surface area contributed by atoms with Crippen LogP contribution in [0.1, 0.15) is 74.5 Å². The van der Waals surface area contributed by atoms with Crippen LogP contribution < -0.4 is 9.47 Å². The van der Waals surface area contributed by atoms with Crippen molar-refractivity contribution >= 4 is 5.91 Å². The molecule has 1 fully saturated rings. The monoisotopic (exact) mass is 471 g/mol. The summed E-state index contributed by atoms with van der Waals surface area (Å²) in [6.07, 6.45) is 1.69. The maximum Gasteiger partial charge on any atom is 0.253 e. The molecule has 2 aromatic rings. The maximum absolute atomic E-state index is 13.9. The molecule has 4 rings (SSSR count). The average Bonchev–Trinajstić information content (AvgIpc) is 2.78. The van der Waals surface area contributed by atoms with Gasteiger partial charge in [0.2, 0.25) is 0 Å². The van der Waals surface area contributed by atoms with Crippen molar-refractivity contribution in [1.29, 1.82) is 0 Å². The quantitative estimate of drug-likeness (QED) is 0.666. The van der Waals surface area contributed by atoms with Gasteiger partial charge in [0.05, 0.1) is 24.9 Å². The Bertz CT molecular complexity index is 1050. The van der Waals surface area contributed by atoms with E-state index in [2.05, 4.69) is 0 Å². The molecule has 2 heterocycles. The van der Waals surface area contributed by atoms with E-state index >= 15 is 0 Å². The molecule has 0 unspecified atom stereocenters. The minimum atomic E-state index is -1.07. The van der Waals surface area contributed by atoms with Crippen molar-refractivity contribution in [2.45, 2.75) is 70.4 Å². The fourth-order valence-corrected chi connectivity index (χ4v) is 4.97. The largest absolute Gasteiger partial charge is 0.496 e. The third kappa shape index (κ3) is 4.91. The third-order valence-corrected chi connectivity index (χ3v) is 6.71. The minimum absolute atomic E-state index is 0.000200. The molecule has 1 N–H and O–H groups in total. The first kappa shape index (κ1) is 24.5. The van der Waals surface area contributed by atoms with Crippen LogP contribution in [0.5, 0.6) is 11.5 Å². The number of halogens is 1. The number of rotatable bonds is 5. The summed E-state index contributed by atoms with van der Waals surface area (Å²) in [4.78, 5) is 15.1. The second kappa shape index (κ2) is 9.19. The van der Waals surface area contributed by atoms with Gasteiger partial charge in [-0.1, -0.05) is 6.07 Å². The number of aliphatic hydroxyl groups is 1. The molecule has 1 saturated heterocycles. The van der Waals surface area contributed by atoms with Gasteiger partial charge in [0, 0.05) is 49.0 Å². The average molecular weight is 472 g/mol. The SMILES string of the molecule is COc1cc(C(=O)N2CCC3(CC2)C[C@@H](OC(C)C)c2cc(F)ccc2O3)ccc1C(C)(C)O. The number of likely N-dealkylation sites (tertiary alicyclic amines) is 1. The fourth-order valence-electron chi connectivity index (χ4n) is 4.97. The maximum atomic E-state index is 13.9. The molecule has 6 nitrogen and oxygen atoms in total. The molecular weight excluding hydrogens is 437 g/mol. The number of benzene rings is 2. The van der Waals surface area contributed by atoms with Crippen LogP contribution in [0.2, 0.25) is 0 Å². The lowest BCUT2D eigenvalue weighted by Gasteiger charge is -2.47. The second-order valence-corrected chi connectivity index (χ2v) is 10.1. The molecule has 0 bridgehead atoms. The van der Waals surface area contributed by atoms with Crippen molar-refractivity contribution in [2.24, 2.45) is 0 Å². The van der Waals surface area contributed by atoms with Crippen LogP contribution in [0.25, 0.3) is 0 Å². The molecule has 34 heavy (non-hydrogen) atoms. The number of amides is 1. The van der Waals surface area contributed by atoms with Gasteiger partial charge in [0.25, 0.3) is 5.91 Å². The predicted molar refractivity (Wildman–Crippen MR) is 127 cm³/mol. The zero-order valence-electron chi connectivity index (χ0n) is 20.6. The van der Waals surface area contributed by atoms with E-state index in [9.17, 15) is 14.3 Å². The van der Waals surface area contributed by atoms with Gasteiger partial charge in [0.1, 0.15) is 22.9 Å². The molecule has 2 aliphatic heterocycles. The normalized spacial score (nSPS) is 19.6. The van der Waals surface area contributed by atoms with Crippen LogP contribution in [0, 0.1) is 5.82 Å². The molecule has 2 aromatic carbocycles. The van der Waals surface area contributed by atoms with Crippen molar-refractivity contribution in [3.63, 3.8) is 0 Å². The van der Waals surface area contributed by atoms with E-state index in [4.69, 9.17) is 14.2 Å². The number of methoxy groups -OCH3 is 1. The van der Waals surface area contributed by atoms with Crippen molar-refractivity contribution in [1.82, 2.24) is 4.90 Å². The lowest BCUT2D eigenvalue weighted by atomic mass is 9.81. The van der Waals surface area contributed by atoms with E-state index in [1.54, 1.807) is 38.1 Å². The molecule has 1 atom stereocenters. The van der Waals surface area contributed by atoms with Crippen molar-refractivity contribution in [3.05, 3.63) is 58.9 Å². The van der Waals surface area contributed by atoms with E-state index in [0.29, 0.717) is 55.0 Å². The molecule has 1 spiro atoms. The van der Waals surface area contributed by atoms with Gasteiger partial charge in [0.15, 0.2) is 0 Å². The highest BCUT2D eigenvalue weighted by Crippen LogP contribution is 2.46. The summed E-state index contributed by atoms with van der Waals surface area (Å²) < 4.78 is 31.9. The summed E-state index contributed by atoms with van der Waals surface area (Å²) in [5.41, 5.74) is 0.371. The molecule has 7 heteroatoms. The predicted octanol–water partition coefficient (Wildman–Crippen LogP) is 4.99. The number of carbonyl (C=O) groups is 1. The van der Waals surface area contributed by atoms with Gasteiger partial charge in [-0.3, -0.25) is 4.79 Å². The molecule has 0 aliphatic carbocycles. The molecule has 1 amide bonds. The molecule has 2 aliphatic rings.